The monoisotopic (exact) mass is 235 g/mol. The van der Waals surface area contributed by atoms with E-state index in [4.69, 9.17) is 10.5 Å². The largest absolute Gasteiger partial charge is 0.507 e. The van der Waals surface area contributed by atoms with E-state index in [1.165, 1.54) is 0 Å². The number of benzene rings is 1. The second-order valence-electron chi connectivity index (χ2n) is 5.22. The normalized spacial score (nSPS) is 16.9. The minimum atomic E-state index is 0.0359. The number of ether oxygens (including phenoxy) is 1. The Morgan fingerprint density at radius 1 is 1.41 bits per heavy atom. The predicted molar refractivity (Wildman–Crippen MR) is 68.6 cm³/mol. The Labute approximate surface area is 103 Å². The fourth-order valence-corrected chi connectivity index (χ4v) is 2.34. The van der Waals surface area contributed by atoms with Gasteiger partial charge in [0.05, 0.1) is 7.11 Å². The van der Waals surface area contributed by atoms with E-state index in [-0.39, 0.29) is 5.54 Å². The van der Waals surface area contributed by atoms with Crippen LogP contribution in [0, 0.1) is 13.8 Å². The smallest absolute Gasteiger partial charge is 0.128 e. The minimum Gasteiger partial charge on any atom is -0.507 e. The molecule has 0 radical (unpaired) electrons. The zero-order chi connectivity index (χ0) is 12.6. The second kappa shape index (κ2) is 4.22. The van der Waals surface area contributed by atoms with Gasteiger partial charge in [-0.3, -0.25) is 0 Å². The molecule has 1 aliphatic rings. The molecule has 1 fully saturated rings. The van der Waals surface area contributed by atoms with Gasteiger partial charge in [0.25, 0.3) is 0 Å². The van der Waals surface area contributed by atoms with E-state index in [1.54, 1.807) is 7.11 Å². The van der Waals surface area contributed by atoms with Crippen LogP contribution in [0.15, 0.2) is 6.07 Å². The molecule has 0 atom stereocenters. The maximum atomic E-state index is 10.1. The maximum Gasteiger partial charge on any atom is 0.128 e. The summed E-state index contributed by atoms with van der Waals surface area (Å²) in [5, 5.41) is 10.1. The van der Waals surface area contributed by atoms with Gasteiger partial charge in [-0.05, 0) is 56.7 Å². The zero-order valence-electron chi connectivity index (χ0n) is 10.8. The van der Waals surface area contributed by atoms with E-state index < -0.39 is 0 Å². The highest BCUT2D eigenvalue weighted by Gasteiger charge is 2.37. The molecule has 3 N–H and O–H groups in total. The van der Waals surface area contributed by atoms with Gasteiger partial charge in [-0.2, -0.15) is 0 Å². The van der Waals surface area contributed by atoms with Gasteiger partial charge in [-0.1, -0.05) is 0 Å². The molecule has 0 amide bonds. The summed E-state index contributed by atoms with van der Waals surface area (Å²) in [7, 11) is 1.63. The van der Waals surface area contributed by atoms with Crippen LogP contribution in [0.1, 0.15) is 36.0 Å². The van der Waals surface area contributed by atoms with Crippen molar-refractivity contribution in [1.29, 1.82) is 0 Å². The summed E-state index contributed by atoms with van der Waals surface area (Å²) in [6.07, 6.45) is 4.02. The molecule has 0 heterocycles. The number of hydrogen-bond donors (Lipinski definition) is 2. The number of hydrogen-bond acceptors (Lipinski definition) is 3. The molecule has 2 rings (SSSR count). The summed E-state index contributed by atoms with van der Waals surface area (Å²) < 4.78 is 5.28. The van der Waals surface area contributed by atoms with Gasteiger partial charge in [0.2, 0.25) is 0 Å². The Morgan fingerprint density at radius 3 is 2.59 bits per heavy atom. The molecule has 1 aromatic carbocycles. The lowest BCUT2D eigenvalue weighted by Crippen LogP contribution is -2.22. The molecule has 0 bridgehead atoms. The van der Waals surface area contributed by atoms with Crippen molar-refractivity contribution in [3.05, 3.63) is 22.8 Å². The highest BCUT2D eigenvalue weighted by molar-refractivity contribution is 5.53. The summed E-state index contributed by atoms with van der Waals surface area (Å²) in [4.78, 5) is 0. The molecule has 3 heteroatoms. The van der Waals surface area contributed by atoms with Gasteiger partial charge < -0.3 is 15.6 Å². The van der Waals surface area contributed by atoms with E-state index >= 15 is 0 Å². The summed E-state index contributed by atoms with van der Waals surface area (Å²) in [5.74, 6) is 1.14. The van der Waals surface area contributed by atoms with Gasteiger partial charge in [0, 0.05) is 11.1 Å². The fraction of sp³-hybridized carbons (Fsp3) is 0.571. The van der Waals surface area contributed by atoms with Crippen LogP contribution in [0.4, 0.5) is 0 Å². The molecule has 1 aromatic rings. The molecule has 0 unspecified atom stereocenters. The topological polar surface area (TPSA) is 55.5 Å². The number of aromatic hydroxyl groups is 1. The second-order valence-corrected chi connectivity index (χ2v) is 5.22. The molecule has 0 saturated heterocycles. The van der Waals surface area contributed by atoms with Gasteiger partial charge in [0.15, 0.2) is 0 Å². The lowest BCUT2D eigenvalue weighted by molar-refractivity contribution is 0.398. The number of phenols is 1. The Balaban J connectivity index is 2.22. The number of nitrogens with two attached hydrogens (primary N) is 1. The lowest BCUT2D eigenvalue weighted by Gasteiger charge is -2.15. The Bertz CT molecular complexity index is 436. The van der Waals surface area contributed by atoms with Crippen molar-refractivity contribution < 1.29 is 9.84 Å². The van der Waals surface area contributed by atoms with Gasteiger partial charge >= 0.3 is 0 Å². The fourth-order valence-electron chi connectivity index (χ4n) is 2.34. The quantitative estimate of drug-likeness (QED) is 0.842. The van der Waals surface area contributed by atoms with Gasteiger partial charge in [-0.25, -0.2) is 0 Å². The number of methoxy groups -OCH3 is 1. The van der Waals surface area contributed by atoms with E-state index in [0.29, 0.717) is 5.75 Å². The van der Waals surface area contributed by atoms with Crippen molar-refractivity contribution >= 4 is 0 Å². The molecule has 1 saturated carbocycles. The summed E-state index contributed by atoms with van der Waals surface area (Å²) in [5.41, 5.74) is 8.98. The lowest BCUT2D eigenvalue weighted by atomic mass is 9.98. The maximum absolute atomic E-state index is 10.1. The third-order valence-corrected chi connectivity index (χ3v) is 3.74. The first-order valence-corrected chi connectivity index (χ1v) is 6.12. The molecule has 17 heavy (non-hydrogen) atoms. The van der Waals surface area contributed by atoms with Gasteiger partial charge in [-0.15, -0.1) is 0 Å². The van der Waals surface area contributed by atoms with E-state index in [0.717, 1.165) is 48.1 Å². The average Bonchev–Trinajstić information content (AvgIpc) is 3.01. The van der Waals surface area contributed by atoms with Crippen molar-refractivity contribution in [3.63, 3.8) is 0 Å². The third kappa shape index (κ3) is 2.39. The van der Waals surface area contributed by atoms with Crippen LogP contribution < -0.4 is 10.5 Å². The van der Waals surface area contributed by atoms with Gasteiger partial charge in [0.1, 0.15) is 11.5 Å². The van der Waals surface area contributed by atoms with Crippen LogP contribution in [-0.2, 0) is 6.42 Å². The SMILES string of the molecule is COc1c(C)cc(CCC2(N)CC2)c(O)c1C. The molecule has 0 aliphatic heterocycles. The van der Waals surface area contributed by atoms with Crippen molar-refractivity contribution in [2.45, 2.75) is 45.1 Å². The van der Waals surface area contributed by atoms with Crippen molar-refractivity contribution in [1.82, 2.24) is 0 Å². The first kappa shape index (κ1) is 12.2. The van der Waals surface area contributed by atoms with Crippen molar-refractivity contribution in [2.75, 3.05) is 7.11 Å². The van der Waals surface area contributed by atoms with Crippen LogP contribution in [0.3, 0.4) is 0 Å². The molecular formula is C14H21NO2. The number of aryl methyl sites for hydroxylation is 2. The van der Waals surface area contributed by atoms with E-state index in [1.807, 2.05) is 19.9 Å². The van der Waals surface area contributed by atoms with Crippen LogP contribution in [0.5, 0.6) is 11.5 Å². The van der Waals surface area contributed by atoms with Crippen molar-refractivity contribution in [2.24, 2.45) is 5.73 Å². The van der Waals surface area contributed by atoms with Crippen molar-refractivity contribution in [3.8, 4) is 11.5 Å². The minimum absolute atomic E-state index is 0.0359. The van der Waals surface area contributed by atoms with Crippen LogP contribution in [0.2, 0.25) is 0 Å². The summed E-state index contributed by atoms with van der Waals surface area (Å²) in [6, 6.07) is 2.01. The van der Waals surface area contributed by atoms with E-state index in [2.05, 4.69) is 0 Å². The van der Waals surface area contributed by atoms with E-state index in [9.17, 15) is 5.11 Å². The standard InChI is InChI=1S/C14H21NO2/c1-9-8-11(4-5-14(15)6-7-14)12(16)10(2)13(9)17-3/h8,16H,4-7,15H2,1-3H3. The third-order valence-electron chi connectivity index (χ3n) is 3.74. The van der Waals surface area contributed by atoms with Crippen LogP contribution in [-0.4, -0.2) is 17.8 Å². The predicted octanol–water partition coefficient (Wildman–Crippen LogP) is 2.44. The molecule has 0 spiro atoms. The molecule has 0 aromatic heterocycles. The Kier molecular flexibility index (Phi) is 3.04. The highest BCUT2D eigenvalue weighted by Crippen LogP contribution is 2.39. The van der Waals surface area contributed by atoms with Crippen LogP contribution >= 0.6 is 0 Å². The molecule has 3 nitrogen and oxygen atoms in total. The highest BCUT2D eigenvalue weighted by atomic mass is 16.5. The number of rotatable bonds is 4. The van der Waals surface area contributed by atoms with Crippen LogP contribution in [0.25, 0.3) is 0 Å². The molecule has 1 aliphatic carbocycles. The summed E-state index contributed by atoms with van der Waals surface area (Å²) in [6.45, 7) is 3.89. The zero-order valence-corrected chi connectivity index (χ0v) is 10.8. The molecule has 94 valence electrons. The Morgan fingerprint density at radius 2 is 2.06 bits per heavy atom. The molecular weight excluding hydrogens is 214 g/mol. The Hall–Kier alpha value is -1.22. The average molecular weight is 235 g/mol. The number of phenolic OH excluding ortho intramolecular Hbond substituents is 1. The summed E-state index contributed by atoms with van der Waals surface area (Å²) >= 11 is 0. The first-order chi connectivity index (χ1) is 7.97. The first-order valence-electron chi connectivity index (χ1n) is 6.12.